The van der Waals surface area contributed by atoms with E-state index in [1.54, 1.807) is 0 Å². The second-order valence-corrected chi connectivity index (χ2v) is 18.6. The van der Waals surface area contributed by atoms with E-state index in [0.717, 1.165) is 69.6 Å². The van der Waals surface area contributed by atoms with E-state index >= 15 is 0 Å². The number of likely N-dealkylation sites (tertiary alicyclic amines) is 2. The van der Waals surface area contributed by atoms with Gasteiger partial charge in [0.2, 0.25) is 11.8 Å². The van der Waals surface area contributed by atoms with Gasteiger partial charge < -0.3 is 24.6 Å². The number of amides is 2. The SMILES string of the molecule is C[C@@H]1CC[C@@]2(OC1)O[C@H]1C[C@H]3[C@@H]4CC[C@H]5C[C@@H](NC(=O)CC(=O)N6CCC(N7CCCCC7)CC6)CC[C@]5(C)[C@H]4CC[C@]3(C)[C@H]1[C@@H]2C. The van der Waals surface area contributed by atoms with Gasteiger partial charge in [0, 0.05) is 37.5 Å². The standard InChI is InChI=1S/C40H65N3O4/c1-26-10-17-40(46-25-26)27(2)37-34(47-40)23-33-31-9-8-28-22-29(11-15-38(28,3)32(31)12-16-39(33,37)4)41-35(44)24-36(45)43-20-13-30(14-21-43)42-18-6-5-7-19-42/h26-34,37H,5-25H2,1-4H3,(H,41,44)/t26-,27+,28+,29+,31-,32+,33+,34+,37+,38+,39+,40-/m1/s1. The number of ether oxygens (including phenoxy) is 2. The zero-order valence-corrected chi connectivity index (χ0v) is 30.2. The first-order chi connectivity index (χ1) is 22.6. The van der Waals surface area contributed by atoms with Crippen LogP contribution in [0, 0.1) is 52.3 Å². The minimum atomic E-state index is -0.326. The van der Waals surface area contributed by atoms with E-state index in [4.69, 9.17) is 9.47 Å². The van der Waals surface area contributed by atoms with Crippen LogP contribution in [0.15, 0.2) is 0 Å². The molecule has 8 aliphatic rings. The van der Waals surface area contributed by atoms with Gasteiger partial charge in [-0.05, 0) is 143 Å². The van der Waals surface area contributed by atoms with Crippen molar-refractivity contribution in [2.75, 3.05) is 32.8 Å². The maximum Gasteiger partial charge on any atom is 0.232 e. The van der Waals surface area contributed by atoms with Gasteiger partial charge in [0.05, 0.1) is 12.7 Å². The van der Waals surface area contributed by atoms with E-state index in [1.165, 1.54) is 77.3 Å². The molecule has 0 aromatic heterocycles. The Hall–Kier alpha value is -1.18. The second-order valence-electron chi connectivity index (χ2n) is 18.6. The van der Waals surface area contributed by atoms with E-state index < -0.39 is 0 Å². The van der Waals surface area contributed by atoms with Crippen LogP contribution in [-0.2, 0) is 19.1 Å². The number of nitrogens with zero attached hydrogens (tertiary/aromatic N) is 2. The van der Waals surface area contributed by atoms with Crippen LogP contribution in [0.5, 0.6) is 0 Å². The van der Waals surface area contributed by atoms with Crippen molar-refractivity contribution in [3.05, 3.63) is 0 Å². The molecule has 12 atom stereocenters. The number of rotatable bonds is 4. The number of carbonyl (C=O) groups is 2. The van der Waals surface area contributed by atoms with Gasteiger partial charge in [0.1, 0.15) is 6.42 Å². The molecule has 2 amide bonds. The summed E-state index contributed by atoms with van der Waals surface area (Å²) in [5.74, 6) is 4.45. The smallest absolute Gasteiger partial charge is 0.232 e. The molecule has 4 aliphatic carbocycles. The first-order valence-corrected chi connectivity index (χ1v) is 20.2. The molecule has 1 spiro atoms. The first-order valence-electron chi connectivity index (χ1n) is 20.2. The number of piperidine rings is 2. The second kappa shape index (κ2) is 12.5. The van der Waals surface area contributed by atoms with Crippen molar-refractivity contribution >= 4 is 11.8 Å². The van der Waals surface area contributed by atoms with Crippen LogP contribution in [0.4, 0.5) is 0 Å². The normalized spacial score (nSPS) is 48.8. The predicted molar refractivity (Wildman–Crippen MR) is 183 cm³/mol. The summed E-state index contributed by atoms with van der Waals surface area (Å²) in [5.41, 5.74) is 0.735. The minimum Gasteiger partial charge on any atom is -0.353 e. The van der Waals surface area contributed by atoms with Gasteiger partial charge in [0.15, 0.2) is 5.79 Å². The van der Waals surface area contributed by atoms with Crippen LogP contribution >= 0.6 is 0 Å². The Kier molecular flexibility index (Phi) is 8.81. The lowest BCUT2D eigenvalue weighted by Gasteiger charge is -2.61. The Labute approximate surface area is 285 Å². The van der Waals surface area contributed by atoms with Gasteiger partial charge in [-0.25, -0.2) is 0 Å². The monoisotopic (exact) mass is 651 g/mol. The fourth-order valence-corrected chi connectivity index (χ4v) is 13.7. The third-order valence-electron chi connectivity index (χ3n) is 16.3. The Morgan fingerprint density at radius 1 is 0.809 bits per heavy atom. The molecule has 8 rings (SSSR count). The van der Waals surface area contributed by atoms with E-state index in [0.29, 0.717) is 46.6 Å². The van der Waals surface area contributed by atoms with Gasteiger partial charge in [-0.1, -0.05) is 34.1 Å². The van der Waals surface area contributed by atoms with Crippen LogP contribution in [0.1, 0.15) is 130 Å². The maximum atomic E-state index is 13.2. The molecule has 1 N–H and O–H groups in total. The van der Waals surface area contributed by atoms with Crippen LogP contribution in [-0.4, -0.2) is 78.4 Å². The van der Waals surface area contributed by atoms with Crippen molar-refractivity contribution in [3.63, 3.8) is 0 Å². The van der Waals surface area contributed by atoms with Crippen LogP contribution < -0.4 is 5.32 Å². The molecule has 0 aromatic rings. The molecule has 7 nitrogen and oxygen atoms in total. The van der Waals surface area contributed by atoms with E-state index in [1.807, 2.05) is 4.90 Å². The molecule has 8 fully saturated rings. The highest BCUT2D eigenvalue weighted by Gasteiger charge is 2.69. The van der Waals surface area contributed by atoms with Gasteiger partial charge in [0.25, 0.3) is 0 Å². The lowest BCUT2D eigenvalue weighted by molar-refractivity contribution is -0.273. The number of nitrogens with one attached hydrogen (secondary N) is 1. The molecule has 4 saturated heterocycles. The highest BCUT2D eigenvalue weighted by molar-refractivity contribution is 5.97. The fourth-order valence-electron chi connectivity index (χ4n) is 13.7. The van der Waals surface area contributed by atoms with Crippen molar-refractivity contribution in [2.45, 2.75) is 154 Å². The molecule has 0 radical (unpaired) electrons. The van der Waals surface area contributed by atoms with Crippen LogP contribution in [0.25, 0.3) is 0 Å². The molecule has 0 aromatic carbocycles. The molecule has 0 bridgehead atoms. The number of hydrogen-bond acceptors (Lipinski definition) is 5. The van der Waals surface area contributed by atoms with Crippen molar-refractivity contribution in [1.82, 2.24) is 15.1 Å². The van der Waals surface area contributed by atoms with Gasteiger partial charge in [-0.3, -0.25) is 9.59 Å². The minimum absolute atomic E-state index is 0.0198. The predicted octanol–water partition coefficient (Wildman–Crippen LogP) is 6.78. The van der Waals surface area contributed by atoms with Crippen molar-refractivity contribution < 1.29 is 19.1 Å². The number of fused-ring (bicyclic) bond motifs is 7. The Balaban J connectivity index is 0.841. The quantitative estimate of drug-likeness (QED) is 0.339. The van der Waals surface area contributed by atoms with Gasteiger partial charge >= 0.3 is 0 Å². The zero-order chi connectivity index (χ0) is 32.6. The third-order valence-corrected chi connectivity index (χ3v) is 16.3. The summed E-state index contributed by atoms with van der Waals surface area (Å²) in [6.07, 6.45) is 18.7. The summed E-state index contributed by atoms with van der Waals surface area (Å²) in [7, 11) is 0. The molecule has 47 heavy (non-hydrogen) atoms. The summed E-state index contributed by atoms with van der Waals surface area (Å²) >= 11 is 0. The van der Waals surface area contributed by atoms with Crippen molar-refractivity contribution in [1.29, 1.82) is 0 Å². The molecular weight excluding hydrogens is 586 g/mol. The van der Waals surface area contributed by atoms with E-state index in [9.17, 15) is 9.59 Å². The Bertz CT molecular complexity index is 1170. The topological polar surface area (TPSA) is 71.1 Å². The Morgan fingerprint density at radius 2 is 1.57 bits per heavy atom. The summed E-state index contributed by atoms with van der Waals surface area (Å²) in [6.45, 7) is 14.9. The summed E-state index contributed by atoms with van der Waals surface area (Å²) in [6, 6.07) is 0.841. The summed E-state index contributed by atoms with van der Waals surface area (Å²) < 4.78 is 13.5. The third kappa shape index (κ3) is 5.63. The first kappa shape index (κ1) is 33.0. The lowest BCUT2D eigenvalue weighted by Crippen LogP contribution is -2.56. The molecule has 4 saturated carbocycles. The van der Waals surface area contributed by atoms with Crippen LogP contribution in [0.3, 0.4) is 0 Å². The largest absolute Gasteiger partial charge is 0.353 e. The average molecular weight is 652 g/mol. The summed E-state index contributed by atoms with van der Waals surface area (Å²) in [4.78, 5) is 30.9. The molecule has 0 unspecified atom stereocenters. The molecule has 4 aliphatic heterocycles. The highest BCUT2D eigenvalue weighted by atomic mass is 16.7. The lowest BCUT2D eigenvalue weighted by atomic mass is 9.44. The van der Waals surface area contributed by atoms with Gasteiger partial charge in [-0.2, -0.15) is 0 Å². The Morgan fingerprint density at radius 3 is 2.32 bits per heavy atom. The molecular formula is C40H65N3O4. The zero-order valence-electron chi connectivity index (χ0n) is 30.2. The van der Waals surface area contributed by atoms with E-state index in [-0.39, 0.29) is 30.1 Å². The van der Waals surface area contributed by atoms with Crippen LogP contribution in [0.2, 0.25) is 0 Å². The van der Waals surface area contributed by atoms with Crippen molar-refractivity contribution in [2.24, 2.45) is 52.3 Å². The fraction of sp³-hybridized carbons (Fsp3) is 0.950. The molecule has 4 heterocycles. The molecule has 264 valence electrons. The highest BCUT2D eigenvalue weighted by Crippen LogP contribution is 2.71. The number of hydrogen-bond donors (Lipinski definition) is 1. The van der Waals surface area contributed by atoms with Crippen molar-refractivity contribution in [3.8, 4) is 0 Å². The average Bonchev–Trinajstić information content (AvgIpc) is 3.52. The van der Waals surface area contributed by atoms with E-state index in [2.05, 4.69) is 37.9 Å². The summed E-state index contributed by atoms with van der Waals surface area (Å²) in [5, 5.41) is 3.35. The maximum absolute atomic E-state index is 13.2. The van der Waals surface area contributed by atoms with Gasteiger partial charge in [-0.15, -0.1) is 0 Å². The molecule has 7 heteroatoms. The number of carbonyl (C=O) groups excluding carboxylic acids is 2.